The third-order valence-electron chi connectivity index (χ3n) is 2.75. The Kier molecular flexibility index (Phi) is 4.34. The van der Waals surface area contributed by atoms with E-state index in [4.69, 9.17) is 0 Å². The van der Waals surface area contributed by atoms with Crippen LogP contribution in [0.4, 0.5) is 0 Å². The van der Waals surface area contributed by atoms with Crippen LogP contribution in [0.1, 0.15) is 19.4 Å². The molecule has 0 bridgehead atoms. The van der Waals surface area contributed by atoms with Gasteiger partial charge < -0.3 is 4.74 Å². The summed E-state index contributed by atoms with van der Waals surface area (Å²) in [7, 11) is 1.22. The number of thioether (sulfide) groups is 1. The zero-order chi connectivity index (χ0) is 13.1. The minimum absolute atomic E-state index is 0.531. The van der Waals surface area contributed by atoms with Crippen molar-refractivity contribution in [3.63, 3.8) is 0 Å². The van der Waals surface area contributed by atoms with Crippen LogP contribution in [0.25, 0.3) is 0 Å². The van der Waals surface area contributed by atoms with E-state index in [2.05, 4.69) is 4.74 Å². The van der Waals surface area contributed by atoms with Crippen LogP contribution in [-0.2, 0) is 19.7 Å². The van der Waals surface area contributed by atoms with Crippen molar-refractivity contribution < 1.29 is 14.3 Å². The first-order chi connectivity index (χ1) is 7.93. The standard InChI is InChI=1S/C13H16O3S/c1-13(2,11(14)12(15)16-3)9-5-7-10(17-4)8-6-9/h5-8H,1-4H3. The predicted octanol–water partition coefficient (Wildman–Crippen LogP) is 2.43. The van der Waals surface area contributed by atoms with E-state index in [1.54, 1.807) is 25.6 Å². The number of Topliss-reactive ketones (excluding diaryl/α,β-unsaturated/α-hetero) is 1. The lowest BCUT2D eigenvalue weighted by molar-refractivity contribution is -0.153. The van der Waals surface area contributed by atoms with Crippen molar-refractivity contribution in [2.45, 2.75) is 24.2 Å². The molecule has 1 aromatic rings. The van der Waals surface area contributed by atoms with E-state index in [0.29, 0.717) is 0 Å². The molecular weight excluding hydrogens is 236 g/mol. The summed E-state index contributed by atoms with van der Waals surface area (Å²) in [6.45, 7) is 3.45. The van der Waals surface area contributed by atoms with Gasteiger partial charge in [0.1, 0.15) is 0 Å². The van der Waals surface area contributed by atoms with Crippen LogP contribution >= 0.6 is 11.8 Å². The molecule has 0 aliphatic rings. The van der Waals surface area contributed by atoms with E-state index in [1.807, 2.05) is 30.5 Å². The molecule has 0 N–H and O–H groups in total. The van der Waals surface area contributed by atoms with E-state index in [9.17, 15) is 9.59 Å². The SMILES string of the molecule is COC(=O)C(=O)C(C)(C)c1ccc(SC)cc1. The van der Waals surface area contributed by atoms with Crippen molar-refractivity contribution in [3.05, 3.63) is 29.8 Å². The number of rotatable bonds is 4. The van der Waals surface area contributed by atoms with Crippen LogP contribution in [0.3, 0.4) is 0 Å². The lowest BCUT2D eigenvalue weighted by atomic mass is 9.80. The quantitative estimate of drug-likeness (QED) is 0.469. The van der Waals surface area contributed by atoms with Gasteiger partial charge in [-0.15, -0.1) is 11.8 Å². The summed E-state index contributed by atoms with van der Waals surface area (Å²) in [5.41, 5.74) is -0.0463. The fourth-order valence-electron chi connectivity index (χ4n) is 1.49. The molecule has 0 amide bonds. The van der Waals surface area contributed by atoms with Gasteiger partial charge in [-0.1, -0.05) is 12.1 Å². The van der Waals surface area contributed by atoms with Gasteiger partial charge in [0.05, 0.1) is 12.5 Å². The molecule has 0 heterocycles. The molecule has 0 atom stereocenters. The molecule has 0 unspecified atom stereocenters. The lowest BCUT2D eigenvalue weighted by Crippen LogP contribution is -2.35. The molecule has 17 heavy (non-hydrogen) atoms. The largest absolute Gasteiger partial charge is 0.463 e. The van der Waals surface area contributed by atoms with Crippen LogP contribution in [0.2, 0.25) is 0 Å². The van der Waals surface area contributed by atoms with E-state index >= 15 is 0 Å². The summed E-state index contributed by atoms with van der Waals surface area (Å²) in [5, 5.41) is 0. The Balaban J connectivity index is 3.03. The van der Waals surface area contributed by atoms with Gasteiger partial charge in [0.25, 0.3) is 0 Å². The molecule has 0 fully saturated rings. The van der Waals surface area contributed by atoms with Crippen molar-refractivity contribution in [2.75, 3.05) is 13.4 Å². The topological polar surface area (TPSA) is 43.4 Å². The van der Waals surface area contributed by atoms with Crippen molar-refractivity contribution in [3.8, 4) is 0 Å². The van der Waals surface area contributed by atoms with E-state index in [1.165, 1.54) is 7.11 Å². The summed E-state index contributed by atoms with van der Waals surface area (Å²) >= 11 is 1.63. The zero-order valence-electron chi connectivity index (χ0n) is 10.4. The van der Waals surface area contributed by atoms with Crippen molar-refractivity contribution in [1.82, 2.24) is 0 Å². The van der Waals surface area contributed by atoms with Crippen LogP contribution in [-0.4, -0.2) is 25.1 Å². The highest BCUT2D eigenvalue weighted by molar-refractivity contribution is 7.98. The third-order valence-corrected chi connectivity index (χ3v) is 3.49. The number of ketones is 1. The number of ether oxygens (including phenoxy) is 1. The second-order valence-corrected chi connectivity index (χ2v) is 5.05. The smallest absolute Gasteiger partial charge is 0.375 e. The van der Waals surface area contributed by atoms with Crippen molar-refractivity contribution in [1.29, 1.82) is 0 Å². The molecule has 0 spiro atoms. The van der Waals surface area contributed by atoms with Gasteiger partial charge >= 0.3 is 5.97 Å². The molecule has 4 heteroatoms. The Labute approximate surface area is 106 Å². The number of methoxy groups -OCH3 is 1. The van der Waals surface area contributed by atoms with Crippen molar-refractivity contribution >= 4 is 23.5 Å². The zero-order valence-corrected chi connectivity index (χ0v) is 11.3. The van der Waals surface area contributed by atoms with Gasteiger partial charge in [0.2, 0.25) is 5.78 Å². The average Bonchev–Trinajstić information content (AvgIpc) is 2.36. The Morgan fingerprint density at radius 2 is 1.71 bits per heavy atom. The number of hydrogen-bond acceptors (Lipinski definition) is 4. The Hall–Kier alpha value is -1.29. The van der Waals surface area contributed by atoms with E-state index in [-0.39, 0.29) is 0 Å². The third kappa shape index (κ3) is 2.88. The molecule has 0 aromatic heterocycles. The number of carbonyl (C=O) groups excluding carboxylic acids is 2. The molecular formula is C13H16O3S. The molecule has 0 aliphatic heterocycles. The van der Waals surface area contributed by atoms with E-state index < -0.39 is 17.2 Å². The van der Waals surface area contributed by atoms with Crippen molar-refractivity contribution in [2.24, 2.45) is 0 Å². The summed E-state index contributed by atoms with van der Waals surface area (Å²) in [5.74, 6) is -1.33. The van der Waals surface area contributed by atoms with Crippen LogP contribution in [0, 0.1) is 0 Å². The van der Waals surface area contributed by atoms with Crippen LogP contribution in [0.5, 0.6) is 0 Å². The maximum absolute atomic E-state index is 11.9. The molecule has 0 saturated carbocycles. The molecule has 92 valence electrons. The predicted molar refractivity (Wildman–Crippen MR) is 68.3 cm³/mol. The minimum Gasteiger partial charge on any atom is -0.463 e. The fraction of sp³-hybridized carbons (Fsp3) is 0.385. The molecule has 0 radical (unpaired) electrons. The highest BCUT2D eigenvalue weighted by Crippen LogP contribution is 2.26. The number of carbonyl (C=O) groups is 2. The summed E-state index contributed by atoms with van der Waals surface area (Å²) in [6, 6.07) is 7.61. The van der Waals surface area contributed by atoms with Crippen LogP contribution in [0.15, 0.2) is 29.2 Å². The van der Waals surface area contributed by atoms with Gasteiger partial charge in [0, 0.05) is 4.90 Å². The van der Waals surface area contributed by atoms with Gasteiger partial charge in [-0.05, 0) is 37.8 Å². The first kappa shape index (κ1) is 13.8. The lowest BCUT2D eigenvalue weighted by Gasteiger charge is -2.22. The first-order valence-corrected chi connectivity index (χ1v) is 6.43. The second kappa shape index (κ2) is 5.36. The average molecular weight is 252 g/mol. The van der Waals surface area contributed by atoms with E-state index in [0.717, 1.165) is 10.5 Å². The first-order valence-electron chi connectivity index (χ1n) is 5.20. The van der Waals surface area contributed by atoms with Gasteiger partial charge in [-0.3, -0.25) is 4.79 Å². The Morgan fingerprint density at radius 1 is 1.18 bits per heavy atom. The number of hydrogen-bond donors (Lipinski definition) is 0. The Morgan fingerprint density at radius 3 is 2.12 bits per heavy atom. The minimum atomic E-state index is -0.857. The van der Waals surface area contributed by atoms with Crippen LogP contribution < -0.4 is 0 Å². The highest BCUT2D eigenvalue weighted by atomic mass is 32.2. The normalized spacial score (nSPS) is 11.1. The monoisotopic (exact) mass is 252 g/mol. The molecule has 1 rings (SSSR count). The molecule has 0 saturated heterocycles. The molecule has 3 nitrogen and oxygen atoms in total. The maximum Gasteiger partial charge on any atom is 0.375 e. The Bertz CT molecular complexity index is 421. The number of esters is 1. The van der Waals surface area contributed by atoms with Gasteiger partial charge in [-0.2, -0.15) is 0 Å². The summed E-state index contributed by atoms with van der Waals surface area (Å²) in [6.07, 6.45) is 1.99. The second-order valence-electron chi connectivity index (χ2n) is 4.17. The van der Waals surface area contributed by atoms with Gasteiger partial charge in [-0.25, -0.2) is 4.79 Å². The number of benzene rings is 1. The fourth-order valence-corrected chi connectivity index (χ4v) is 1.89. The molecule has 0 aliphatic carbocycles. The maximum atomic E-state index is 11.9. The summed E-state index contributed by atoms with van der Waals surface area (Å²) < 4.78 is 4.47. The summed E-state index contributed by atoms with van der Waals surface area (Å²) in [4.78, 5) is 24.3. The highest BCUT2D eigenvalue weighted by Gasteiger charge is 2.35. The molecule has 1 aromatic carbocycles. The van der Waals surface area contributed by atoms with Gasteiger partial charge in [0.15, 0.2) is 0 Å².